The molecule has 0 N–H and O–H groups in total. The Hall–Kier alpha value is -1.84. The van der Waals surface area contributed by atoms with Gasteiger partial charge in [0.1, 0.15) is 12.1 Å². The molecule has 0 atom stereocenters. The zero-order valence-electron chi connectivity index (χ0n) is 7.21. The van der Waals surface area contributed by atoms with Crippen LogP contribution in [-0.4, -0.2) is 21.6 Å². The minimum absolute atomic E-state index is 0.603. The third-order valence-electron chi connectivity index (χ3n) is 1.69. The van der Waals surface area contributed by atoms with Gasteiger partial charge in [0.05, 0.1) is 7.11 Å². The molecule has 0 bridgehead atoms. The van der Waals surface area contributed by atoms with E-state index in [2.05, 4.69) is 9.97 Å². The van der Waals surface area contributed by atoms with Crippen LogP contribution in [0.15, 0.2) is 36.9 Å². The molecule has 4 nitrogen and oxygen atoms in total. The summed E-state index contributed by atoms with van der Waals surface area (Å²) in [6, 6.07) is 5.59. The molecule has 2 rings (SSSR count). The van der Waals surface area contributed by atoms with Crippen LogP contribution in [-0.2, 0) is 0 Å². The van der Waals surface area contributed by atoms with Gasteiger partial charge in [-0.3, -0.25) is 4.57 Å². The van der Waals surface area contributed by atoms with Gasteiger partial charge in [-0.15, -0.1) is 0 Å². The Labute approximate surface area is 75.8 Å². The van der Waals surface area contributed by atoms with Gasteiger partial charge in [0, 0.05) is 18.5 Å². The quantitative estimate of drug-likeness (QED) is 0.690. The van der Waals surface area contributed by atoms with Gasteiger partial charge in [-0.05, 0) is 6.07 Å². The molecule has 2 aromatic heterocycles. The number of nitrogens with zero attached hydrogens (tertiary/aromatic N) is 3. The fourth-order valence-corrected chi connectivity index (χ4v) is 1.06. The molecule has 2 heterocycles. The normalized spacial score (nSPS) is 9.92. The van der Waals surface area contributed by atoms with E-state index in [0.29, 0.717) is 5.88 Å². The summed E-state index contributed by atoms with van der Waals surface area (Å²) in [5.41, 5.74) is 0. The summed E-state index contributed by atoms with van der Waals surface area (Å²) in [5, 5.41) is 0. The second-order valence-electron chi connectivity index (χ2n) is 2.51. The molecule has 4 heteroatoms. The molecule has 0 aliphatic heterocycles. The first-order valence-electron chi connectivity index (χ1n) is 3.89. The first-order valence-corrected chi connectivity index (χ1v) is 3.89. The maximum absolute atomic E-state index is 5.01. The van der Waals surface area contributed by atoms with Crippen LogP contribution in [0.3, 0.4) is 0 Å². The van der Waals surface area contributed by atoms with Gasteiger partial charge in [-0.25, -0.2) is 4.98 Å². The molecule has 2 aromatic rings. The van der Waals surface area contributed by atoms with E-state index in [1.807, 2.05) is 22.9 Å². The summed E-state index contributed by atoms with van der Waals surface area (Å²) in [7, 11) is 1.60. The van der Waals surface area contributed by atoms with Crippen LogP contribution in [0.5, 0.6) is 5.88 Å². The Balaban J connectivity index is 2.41. The van der Waals surface area contributed by atoms with Crippen molar-refractivity contribution in [3.05, 3.63) is 36.9 Å². The number of hydrogen-bond acceptors (Lipinski definition) is 3. The van der Waals surface area contributed by atoms with Gasteiger partial charge in [0.25, 0.3) is 0 Å². The number of aromatic nitrogens is 3. The van der Waals surface area contributed by atoms with Crippen molar-refractivity contribution in [3.63, 3.8) is 0 Å². The third kappa shape index (κ3) is 1.51. The summed E-state index contributed by atoms with van der Waals surface area (Å²) in [6.07, 6.45) is 5.24. The number of imidazole rings is 1. The Morgan fingerprint density at radius 1 is 1.38 bits per heavy atom. The number of rotatable bonds is 2. The molecule has 0 unspecified atom stereocenters. The summed E-state index contributed by atoms with van der Waals surface area (Å²) < 4.78 is 6.83. The second kappa shape index (κ2) is 3.26. The van der Waals surface area contributed by atoms with E-state index in [1.165, 1.54) is 0 Å². The predicted octanol–water partition coefficient (Wildman–Crippen LogP) is 1.28. The van der Waals surface area contributed by atoms with Crippen LogP contribution in [0.1, 0.15) is 0 Å². The Bertz CT molecular complexity index is 384. The molecule has 0 amide bonds. The number of ether oxygens (including phenoxy) is 1. The number of methoxy groups -OCH3 is 1. The first kappa shape index (κ1) is 7.79. The molecule has 0 aliphatic rings. The summed E-state index contributed by atoms with van der Waals surface area (Å²) in [5.74, 6) is 1.41. The Kier molecular flexibility index (Phi) is 1.96. The van der Waals surface area contributed by atoms with Crippen molar-refractivity contribution in [2.75, 3.05) is 7.11 Å². The Morgan fingerprint density at radius 2 is 2.31 bits per heavy atom. The fraction of sp³-hybridized carbons (Fsp3) is 0.111. The van der Waals surface area contributed by atoms with Crippen LogP contribution in [0.4, 0.5) is 0 Å². The summed E-state index contributed by atoms with van der Waals surface area (Å²) >= 11 is 0. The summed E-state index contributed by atoms with van der Waals surface area (Å²) in [6.45, 7) is 0. The van der Waals surface area contributed by atoms with Crippen molar-refractivity contribution in [2.24, 2.45) is 0 Å². The van der Waals surface area contributed by atoms with E-state index >= 15 is 0 Å². The van der Waals surface area contributed by atoms with Gasteiger partial charge < -0.3 is 4.74 Å². The molecule has 0 saturated heterocycles. The van der Waals surface area contributed by atoms with Crippen molar-refractivity contribution in [1.82, 2.24) is 14.5 Å². The zero-order chi connectivity index (χ0) is 9.10. The SMILES string of the molecule is COc1cccc(-n2ccnc2)n1. The molecular formula is C9H9N3O. The maximum Gasteiger partial charge on any atom is 0.214 e. The highest BCUT2D eigenvalue weighted by atomic mass is 16.5. The van der Waals surface area contributed by atoms with Gasteiger partial charge >= 0.3 is 0 Å². The highest BCUT2D eigenvalue weighted by Crippen LogP contribution is 2.09. The Morgan fingerprint density at radius 3 is 3.00 bits per heavy atom. The predicted molar refractivity (Wildman–Crippen MR) is 47.9 cm³/mol. The van der Waals surface area contributed by atoms with E-state index in [1.54, 1.807) is 25.7 Å². The molecule has 0 aromatic carbocycles. The smallest absolute Gasteiger partial charge is 0.214 e. The minimum atomic E-state index is 0.603. The van der Waals surface area contributed by atoms with Crippen molar-refractivity contribution in [3.8, 4) is 11.7 Å². The minimum Gasteiger partial charge on any atom is -0.481 e. The van der Waals surface area contributed by atoms with E-state index < -0.39 is 0 Å². The zero-order valence-corrected chi connectivity index (χ0v) is 7.21. The van der Waals surface area contributed by atoms with E-state index in [-0.39, 0.29) is 0 Å². The van der Waals surface area contributed by atoms with Crippen molar-refractivity contribution >= 4 is 0 Å². The van der Waals surface area contributed by atoms with E-state index in [0.717, 1.165) is 5.82 Å². The highest BCUT2D eigenvalue weighted by molar-refractivity contribution is 5.26. The lowest BCUT2D eigenvalue weighted by Crippen LogP contribution is -1.95. The number of pyridine rings is 1. The van der Waals surface area contributed by atoms with Crippen LogP contribution in [0.2, 0.25) is 0 Å². The third-order valence-corrected chi connectivity index (χ3v) is 1.69. The monoisotopic (exact) mass is 175 g/mol. The first-order chi connectivity index (χ1) is 6.40. The molecule has 0 saturated carbocycles. The topological polar surface area (TPSA) is 39.9 Å². The second-order valence-corrected chi connectivity index (χ2v) is 2.51. The van der Waals surface area contributed by atoms with Gasteiger partial charge in [-0.2, -0.15) is 4.98 Å². The average Bonchev–Trinajstić information content (AvgIpc) is 2.71. The fourth-order valence-electron chi connectivity index (χ4n) is 1.06. The van der Waals surface area contributed by atoms with E-state index in [4.69, 9.17) is 4.74 Å². The molecule has 0 fully saturated rings. The van der Waals surface area contributed by atoms with Crippen molar-refractivity contribution in [1.29, 1.82) is 0 Å². The highest BCUT2D eigenvalue weighted by Gasteiger charge is 1.97. The van der Waals surface area contributed by atoms with Gasteiger partial charge in [-0.1, -0.05) is 6.07 Å². The van der Waals surface area contributed by atoms with Crippen LogP contribution < -0.4 is 4.74 Å². The van der Waals surface area contributed by atoms with Crippen molar-refractivity contribution < 1.29 is 4.74 Å². The molecule has 13 heavy (non-hydrogen) atoms. The van der Waals surface area contributed by atoms with Crippen LogP contribution in [0, 0.1) is 0 Å². The maximum atomic E-state index is 5.01. The molecular weight excluding hydrogens is 166 g/mol. The molecule has 0 radical (unpaired) electrons. The number of hydrogen-bond donors (Lipinski definition) is 0. The lowest BCUT2D eigenvalue weighted by atomic mass is 10.4. The van der Waals surface area contributed by atoms with Gasteiger partial charge in [0.2, 0.25) is 5.88 Å². The molecule has 0 spiro atoms. The molecule has 0 aliphatic carbocycles. The largest absolute Gasteiger partial charge is 0.481 e. The average molecular weight is 175 g/mol. The lowest BCUT2D eigenvalue weighted by Gasteiger charge is -2.02. The van der Waals surface area contributed by atoms with Crippen LogP contribution in [0.25, 0.3) is 5.82 Å². The van der Waals surface area contributed by atoms with Crippen molar-refractivity contribution in [2.45, 2.75) is 0 Å². The van der Waals surface area contributed by atoms with Crippen LogP contribution >= 0.6 is 0 Å². The standard InChI is InChI=1S/C9H9N3O/c1-13-9-4-2-3-8(11-9)12-6-5-10-7-12/h2-7H,1H3. The lowest BCUT2D eigenvalue weighted by molar-refractivity contribution is 0.397. The van der Waals surface area contributed by atoms with Gasteiger partial charge in [0.15, 0.2) is 0 Å². The summed E-state index contributed by atoms with van der Waals surface area (Å²) in [4.78, 5) is 8.17. The van der Waals surface area contributed by atoms with E-state index in [9.17, 15) is 0 Å². The molecule has 66 valence electrons.